The molecule has 148 valence electrons. The van der Waals surface area contributed by atoms with Crippen molar-refractivity contribution in [2.45, 2.75) is 57.1 Å². The largest absolute Gasteiger partial charge is 0.383 e. The summed E-state index contributed by atoms with van der Waals surface area (Å²) in [5.41, 5.74) is 1.09. The molecule has 2 fully saturated rings. The third kappa shape index (κ3) is 4.24. The average Bonchev–Trinajstić information content (AvgIpc) is 2.78. The number of ether oxygens (including phenoxy) is 1. The Kier molecular flexibility index (Phi) is 5.72. The van der Waals surface area contributed by atoms with E-state index in [1.54, 1.807) is 6.07 Å². The summed E-state index contributed by atoms with van der Waals surface area (Å²) in [5.74, 6) is 0.474. The molecule has 1 aromatic carbocycles. The van der Waals surface area contributed by atoms with Crippen molar-refractivity contribution in [1.29, 1.82) is 0 Å². The first kappa shape index (κ1) is 19.8. The number of benzene rings is 1. The molecule has 1 saturated carbocycles. The second-order valence-corrected chi connectivity index (χ2v) is 8.82. The van der Waals surface area contributed by atoms with Gasteiger partial charge in [0.2, 0.25) is 5.91 Å². The Balaban J connectivity index is 1.58. The van der Waals surface area contributed by atoms with Gasteiger partial charge in [-0.15, -0.1) is 0 Å². The van der Waals surface area contributed by atoms with Gasteiger partial charge in [-0.3, -0.25) is 4.79 Å². The van der Waals surface area contributed by atoms with Crippen LogP contribution < -0.4 is 10.8 Å². The number of aliphatic hydroxyl groups is 1. The molecule has 2 radical (unpaired) electrons. The van der Waals surface area contributed by atoms with Gasteiger partial charge in [0.25, 0.3) is 0 Å². The van der Waals surface area contributed by atoms with E-state index in [1.807, 2.05) is 16.8 Å². The summed E-state index contributed by atoms with van der Waals surface area (Å²) in [6, 6.07) is 3.51. The van der Waals surface area contributed by atoms with E-state index in [2.05, 4.69) is 5.32 Å². The number of fused-ring (bicyclic) bond motifs is 1. The normalized spacial score (nSPS) is 19.9. The molecule has 0 atom stereocenters. The van der Waals surface area contributed by atoms with E-state index in [4.69, 9.17) is 24.2 Å². The van der Waals surface area contributed by atoms with E-state index in [-0.39, 0.29) is 5.91 Å². The SMILES string of the molecule is [B]c1cc(Cl)cc2c1c(NC(=O)CC1CCCCCC1)cn2CC1(O)COC1. The lowest BCUT2D eigenvalue weighted by atomic mass is 9.91. The topological polar surface area (TPSA) is 63.5 Å². The van der Waals surface area contributed by atoms with Gasteiger partial charge >= 0.3 is 0 Å². The number of hydrogen-bond donors (Lipinski definition) is 2. The highest BCUT2D eigenvalue weighted by Gasteiger charge is 2.37. The van der Waals surface area contributed by atoms with Gasteiger partial charge < -0.3 is 19.7 Å². The van der Waals surface area contributed by atoms with Gasteiger partial charge in [-0.1, -0.05) is 42.7 Å². The zero-order chi connectivity index (χ0) is 19.7. The number of nitrogens with zero attached hydrogens (tertiary/aromatic N) is 1. The maximum atomic E-state index is 12.7. The Bertz CT molecular complexity index is 870. The average molecular weight is 401 g/mol. The molecule has 2 aromatic rings. The Hall–Kier alpha value is -1.50. The van der Waals surface area contributed by atoms with Crippen molar-refractivity contribution >= 4 is 47.4 Å². The van der Waals surface area contributed by atoms with E-state index in [0.717, 1.165) is 23.7 Å². The van der Waals surface area contributed by atoms with E-state index >= 15 is 0 Å². The number of rotatable bonds is 5. The molecule has 0 spiro atoms. The summed E-state index contributed by atoms with van der Waals surface area (Å²) in [6.07, 6.45) is 9.61. The number of carbonyl (C=O) groups is 1. The molecule has 5 nitrogen and oxygen atoms in total. The molecule has 2 aliphatic rings. The van der Waals surface area contributed by atoms with Crippen molar-refractivity contribution in [2.75, 3.05) is 18.5 Å². The fourth-order valence-corrected chi connectivity index (χ4v) is 4.65. The summed E-state index contributed by atoms with van der Waals surface area (Å²) >= 11 is 6.21. The zero-order valence-electron chi connectivity index (χ0n) is 16.0. The maximum absolute atomic E-state index is 12.7. The summed E-state index contributed by atoms with van der Waals surface area (Å²) in [4.78, 5) is 12.7. The van der Waals surface area contributed by atoms with Crippen LogP contribution in [0, 0.1) is 5.92 Å². The third-order valence-corrected chi connectivity index (χ3v) is 6.12. The zero-order valence-corrected chi connectivity index (χ0v) is 16.8. The first-order valence-electron chi connectivity index (χ1n) is 10.1. The minimum atomic E-state index is -0.898. The van der Waals surface area contributed by atoms with Gasteiger partial charge in [0, 0.05) is 23.0 Å². The van der Waals surface area contributed by atoms with Gasteiger partial charge in [-0.2, -0.15) is 0 Å². The first-order chi connectivity index (χ1) is 13.4. The number of nitrogens with one attached hydrogen (secondary N) is 1. The van der Waals surface area contributed by atoms with Crippen LogP contribution in [-0.2, 0) is 16.1 Å². The second kappa shape index (κ2) is 8.09. The van der Waals surface area contributed by atoms with E-state index < -0.39 is 5.60 Å². The molecule has 0 bridgehead atoms. The molecule has 1 amide bonds. The van der Waals surface area contributed by atoms with Crippen LogP contribution in [0.3, 0.4) is 0 Å². The molecule has 0 unspecified atom stereocenters. The lowest BCUT2D eigenvalue weighted by molar-refractivity contribution is -0.184. The monoisotopic (exact) mass is 400 g/mol. The number of hydrogen-bond acceptors (Lipinski definition) is 3. The van der Waals surface area contributed by atoms with Crippen molar-refractivity contribution in [3.63, 3.8) is 0 Å². The lowest BCUT2D eigenvalue weighted by Gasteiger charge is -2.36. The summed E-state index contributed by atoms with van der Waals surface area (Å²) < 4.78 is 7.06. The quantitative estimate of drug-likeness (QED) is 0.598. The highest BCUT2D eigenvalue weighted by Crippen LogP contribution is 2.31. The standard InChI is InChI=1S/C21H26BClN2O3/c22-16-8-15(23)9-18-20(16)17(10-25(18)11-21(27)12-28-13-21)24-19(26)7-14-5-3-1-2-4-6-14/h8-10,14,27H,1-7,11-13H2,(H,24,26). The number of amides is 1. The van der Waals surface area contributed by atoms with Crippen molar-refractivity contribution in [3.8, 4) is 0 Å². The van der Waals surface area contributed by atoms with Crippen LogP contribution in [0.1, 0.15) is 44.9 Å². The molecule has 1 aliphatic heterocycles. The maximum Gasteiger partial charge on any atom is 0.224 e. The minimum absolute atomic E-state index is 0.0194. The highest BCUT2D eigenvalue weighted by molar-refractivity contribution is 6.43. The molecule has 2 heterocycles. The number of carbonyl (C=O) groups excluding carboxylic acids is 1. The molecule has 1 aromatic heterocycles. The third-order valence-electron chi connectivity index (χ3n) is 5.91. The van der Waals surface area contributed by atoms with Gasteiger partial charge in [0.15, 0.2) is 0 Å². The van der Waals surface area contributed by atoms with Gasteiger partial charge in [0.05, 0.1) is 31.0 Å². The fraction of sp³-hybridized carbons (Fsp3) is 0.571. The lowest BCUT2D eigenvalue weighted by Crippen LogP contribution is -2.52. The number of aromatic nitrogens is 1. The summed E-state index contributed by atoms with van der Waals surface area (Å²) in [5, 5.41) is 14.8. The summed E-state index contributed by atoms with van der Waals surface area (Å²) in [6.45, 7) is 0.958. The smallest absolute Gasteiger partial charge is 0.224 e. The molecule has 1 aliphatic carbocycles. The molecular weight excluding hydrogens is 375 g/mol. The van der Waals surface area contributed by atoms with Crippen LogP contribution in [0.2, 0.25) is 5.02 Å². The number of halogens is 1. The Morgan fingerprint density at radius 1 is 1.29 bits per heavy atom. The van der Waals surface area contributed by atoms with E-state index in [9.17, 15) is 9.90 Å². The molecule has 4 rings (SSSR count). The van der Waals surface area contributed by atoms with Crippen LogP contribution in [0.5, 0.6) is 0 Å². The van der Waals surface area contributed by atoms with E-state index in [1.165, 1.54) is 25.7 Å². The van der Waals surface area contributed by atoms with E-state index in [0.29, 0.717) is 48.3 Å². The predicted octanol–water partition coefficient (Wildman–Crippen LogP) is 3.15. The predicted molar refractivity (Wildman–Crippen MR) is 113 cm³/mol. The molecule has 28 heavy (non-hydrogen) atoms. The van der Waals surface area contributed by atoms with Gasteiger partial charge in [-0.05, 0) is 30.9 Å². The van der Waals surface area contributed by atoms with Crippen molar-refractivity contribution < 1.29 is 14.6 Å². The molecular formula is C21H26BClN2O3. The first-order valence-corrected chi connectivity index (χ1v) is 10.5. The summed E-state index contributed by atoms with van der Waals surface area (Å²) in [7, 11) is 6.23. The molecule has 7 heteroatoms. The van der Waals surface area contributed by atoms with Crippen LogP contribution >= 0.6 is 11.6 Å². The number of anilines is 1. The van der Waals surface area contributed by atoms with Gasteiger partial charge in [-0.25, -0.2) is 0 Å². The fourth-order valence-electron chi connectivity index (χ4n) is 4.43. The van der Waals surface area contributed by atoms with Crippen LogP contribution in [0.4, 0.5) is 5.69 Å². The van der Waals surface area contributed by atoms with Crippen LogP contribution in [0.15, 0.2) is 18.3 Å². The van der Waals surface area contributed by atoms with Gasteiger partial charge in [0.1, 0.15) is 13.4 Å². The minimum Gasteiger partial charge on any atom is -0.383 e. The van der Waals surface area contributed by atoms with Crippen molar-refractivity contribution in [2.24, 2.45) is 5.92 Å². The Labute approximate surface area is 171 Å². The Morgan fingerprint density at radius 3 is 2.64 bits per heavy atom. The van der Waals surface area contributed by atoms with Crippen molar-refractivity contribution in [3.05, 3.63) is 23.4 Å². The molecule has 1 saturated heterocycles. The van der Waals surface area contributed by atoms with Crippen molar-refractivity contribution in [1.82, 2.24) is 4.57 Å². The second-order valence-electron chi connectivity index (χ2n) is 8.39. The highest BCUT2D eigenvalue weighted by atomic mass is 35.5. The Morgan fingerprint density at radius 2 is 2.00 bits per heavy atom. The molecule has 2 N–H and O–H groups in total. The van der Waals surface area contributed by atoms with Crippen LogP contribution in [0.25, 0.3) is 10.9 Å². The van der Waals surface area contributed by atoms with Crippen LogP contribution in [-0.4, -0.2) is 42.2 Å².